The number of carboxylic acids is 1. The molecule has 1 rings (SSSR count). The molecule has 16 heavy (non-hydrogen) atoms. The second-order valence-electron chi connectivity index (χ2n) is 3.96. The van der Waals surface area contributed by atoms with Gasteiger partial charge in [0.1, 0.15) is 5.60 Å². The molecule has 0 radical (unpaired) electrons. The lowest BCUT2D eigenvalue weighted by molar-refractivity contribution is -0.152. The van der Waals surface area contributed by atoms with E-state index in [9.17, 15) is 9.90 Å². The molecule has 0 heterocycles. The molecule has 2 unspecified atom stereocenters. The molecule has 0 saturated carbocycles. The number of benzene rings is 1. The molecule has 0 aliphatic heterocycles. The standard InChI is InChI=1S/C12H15BrO3/c1-3-10(11(14)15)12(2,16)8-5-4-6-9(13)7-8/h4-7,10,16H,3H2,1-2H3,(H,14,15). The summed E-state index contributed by atoms with van der Waals surface area (Å²) in [5.41, 5.74) is -0.749. The summed E-state index contributed by atoms with van der Waals surface area (Å²) >= 11 is 3.30. The third-order valence-corrected chi connectivity index (χ3v) is 3.29. The normalized spacial score (nSPS) is 16.5. The minimum Gasteiger partial charge on any atom is -0.481 e. The van der Waals surface area contributed by atoms with Crippen molar-refractivity contribution < 1.29 is 15.0 Å². The van der Waals surface area contributed by atoms with Crippen LogP contribution in [-0.4, -0.2) is 16.2 Å². The van der Waals surface area contributed by atoms with Gasteiger partial charge in [-0.15, -0.1) is 0 Å². The molecule has 0 aromatic heterocycles. The largest absolute Gasteiger partial charge is 0.481 e. The van der Waals surface area contributed by atoms with Crippen LogP contribution in [0, 0.1) is 5.92 Å². The molecule has 0 amide bonds. The minimum atomic E-state index is -1.36. The maximum Gasteiger partial charge on any atom is 0.309 e. The molecule has 3 nitrogen and oxygen atoms in total. The van der Waals surface area contributed by atoms with Gasteiger partial charge in [0, 0.05) is 4.47 Å². The average molecular weight is 287 g/mol. The van der Waals surface area contributed by atoms with Crippen molar-refractivity contribution in [3.8, 4) is 0 Å². The molecule has 0 aliphatic carbocycles. The molecule has 0 saturated heterocycles. The van der Waals surface area contributed by atoms with Gasteiger partial charge in [0.15, 0.2) is 0 Å². The smallest absolute Gasteiger partial charge is 0.309 e. The van der Waals surface area contributed by atoms with E-state index >= 15 is 0 Å². The van der Waals surface area contributed by atoms with Crippen molar-refractivity contribution in [3.63, 3.8) is 0 Å². The number of hydrogen-bond donors (Lipinski definition) is 2. The Balaban J connectivity index is 3.13. The number of hydrogen-bond acceptors (Lipinski definition) is 2. The van der Waals surface area contributed by atoms with Gasteiger partial charge in [0.05, 0.1) is 5.92 Å². The van der Waals surface area contributed by atoms with Gasteiger partial charge < -0.3 is 10.2 Å². The van der Waals surface area contributed by atoms with E-state index in [1.807, 2.05) is 6.07 Å². The molecule has 2 atom stereocenters. The first-order valence-electron chi connectivity index (χ1n) is 5.10. The van der Waals surface area contributed by atoms with Crippen molar-refractivity contribution in [2.24, 2.45) is 5.92 Å². The summed E-state index contributed by atoms with van der Waals surface area (Å²) in [6.45, 7) is 3.29. The number of halogens is 1. The number of aliphatic hydroxyl groups is 1. The van der Waals surface area contributed by atoms with E-state index in [4.69, 9.17) is 5.11 Å². The molecule has 1 aromatic rings. The Bertz CT molecular complexity index is 388. The number of carbonyl (C=O) groups is 1. The van der Waals surface area contributed by atoms with Crippen molar-refractivity contribution in [1.82, 2.24) is 0 Å². The molecule has 4 heteroatoms. The van der Waals surface area contributed by atoms with Crippen molar-refractivity contribution >= 4 is 21.9 Å². The van der Waals surface area contributed by atoms with Gasteiger partial charge in [0.25, 0.3) is 0 Å². The zero-order chi connectivity index (χ0) is 12.3. The first kappa shape index (κ1) is 13.2. The molecule has 0 bridgehead atoms. The summed E-state index contributed by atoms with van der Waals surface area (Å²) in [5, 5.41) is 19.4. The topological polar surface area (TPSA) is 57.5 Å². The van der Waals surface area contributed by atoms with Gasteiger partial charge in [-0.05, 0) is 31.0 Å². The van der Waals surface area contributed by atoms with Crippen molar-refractivity contribution in [2.75, 3.05) is 0 Å². The fourth-order valence-corrected chi connectivity index (χ4v) is 2.22. The van der Waals surface area contributed by atoms with E-state index in [0.717, 1.165) is 4.47 Å². The van der Waals surface area contributed by atoms with Gasteiger partial charge in [-0.3, -0.25) is 4.79 Å². The zero-order valence-electron chi connectivity index (χ0n) is 9.27. The second-order valence-corrected chi connectivity index (χ2v) is 4.87. The first-order valence-corrected chi connectivity index (χ1v) is 5.90. The lowest BCUT2D eigenvalue weighted by atomic mass is 9.81. The average Bonchev–Trinajstić information content (AvgIpc) is 2.17. The molecule has 0 aliphatic rings. The number of carboxylic acid groups (broad SMARTS) is 1. The quantitative estimate of drug-likeness (QED) is 0.895. The Morgan fingerprint density at radius 3 is 2.62 bits per heavy atom. The fourth-order valence-electron chi connectivity index (χ4n) is 1.82. The Morgan fingerprint density at radius 2 is 2.19 bits per heavy atom. The highest BCUT2D eigenvalue weighted by molar-refractivity contribution is 9.10. The van der Waals surface area contributed by atoms with Crippen LogP contribution in [0.2, 0.25) is 0 Å². The third-order valence-electron chi connectivity index (χ3n) is 2.79. The maximum absolute atomic E-state index is 11.1. The minimum absolute atomic E-state index is 0.384. The van der Waals surface area contributed by atoms with E-state index in [0.29, 0.717) is 12.0 Å². The monoisotopic (exact) mass is 286 g/mol. The van der Waals surface area contributed by atoms with Crippen LogP contribution < -0.4 is 0 Å². The van der Waals surface area contributed by atoms with Crippen LogP contribution in [0.25, 0.3) is 0 Å². The molecule has 2 N–H and O–H groups in total. The van der Waals surface area contributed by atoms with Crippen LogP contribution >= 0.6 is 15.9 Å². The van der Waals surface area contributed by atoms with Crippen LogP contribution in [0.15, 0.2) is 28.7 Å². The predicted molar refractivity (Wildman–Crippen MR) is 65.1 cm³/mol. The summed E-state index contributed by atoms with van der Waals surface area (Å²) in [7, 11) is 0. The van der Waals surface area contributed by atoms with Gasteiger partial charge in [0.2, 0.25) is 0 Å². The number of aliphatic carboxylic acids is 1. The highest BCUT2D eigenvalue weighted by Crippen LogP contribution is 2.32. The van der Waals surface area contributed by atoms with Crippen LogP contribution in [0.5, 0.6) is 0 Å². The summed E-state index contributed by atoms with van der Waals surface area (Å²) in [6, 6.07) is 7.09. The van der Waals surface area contributed by atoms with E-state index < -0.39 is 17.5 Å². The summed E-state index contributed by atoms with van der Waals surface area (Å²) in [6.07, 6.45) is 0.384. The van der Waals surface area contributed by atoms with E-state index in [1.54, 1.807) is 25.1 Å². The molecule has 0 spiro atoms. The molecular weight excluding hydrogens is 272 g/mol. The van der Waals surface area contributed by atoms with Crippen LogP contribution in [0.4, 0.5) is 0 Å². The molecule has 88 valence electrons. The Kier molecular flexibility index (Phi) is 4.10. The van der Waals surface area contributed by atoms with Crippen LogP contribution in [-0.2, 0) is 10.4 Å². The van der Waals surface area contributed by atoms with E-state index in [1.165, 1.54) is 6.92 Å². The lowest BCUT2D eigenvalue weighted by Gasteiger charge is -2.30. The van der Waals surface area contributed by atoms with Crippen molar-refractivity contribution in [2.45, 2.75) is 25.9 Å². The number of rotatable bonds is 4. The summed E-state index contributed by atoms with van der Waals surface area (Å²) < 4.78 is 0.825. The summed E-state index contributed by atoms with van der Waals surface area (Å²) in [4.78, 5) is 11.1. The maximum atomic E-state index is 11.1. The van der Waals surface area contributed by atoms with E-state index in [2.05, 4.69) is 15.9 Å². The third kappa shape index (κ3) is 2.62. The Morgan fingerprint density at radius 1 is 1.56 bits per heavy atom. The predicted octanol–water partition coefficient (Wildman–Crippen LogP) is 2.77. The zero-order valence-corrected chi connectivity index (χ0v) is 10.9. The Hall–Kier alpha value is -0.870. The second kappa shape index (κ2) is 4.97. The van der Waals surface area contributed by atoms with Gasteiger partial charge >= 0.3 is 5.97 Å². The SMILES string of the molecule is CCC(C(=O)O)C(C)(O)c1cccc(Br)c1. The molecular formula is C12H15BrO3. The first-order chi connectivity index (χ1) is 7.39. The highest BCUT2D eigenvalue weighted by Gasteiger charge is 2.37. The van der Waals surface area contributed by atoms with Gasteiger partial charge in [-0.25, -0.2) is 0 Å². The van der Waals surface area contributed by atoms with Crippen molar-refractivity contribution in [3.05, 3.63) is 34.3 Å². The van der Waals surface area contributed by atoms with Crippen LogP contribution in [0.1, 0.15) is 25.8 Å². The van der Waals surface area contributed by atoms with Gasteiger partial charge in [-0.2, -0.15) is 0 Å². The van der Waals surface area contributed by atoms with E-state index in [-0.39, 0.29) is 0 Å². The lowest BCUT2D eigenvalue weighted by Crippen LogP contribution is -2.36. The summed E-state index contributed by atoms with van der Waals surface area (Å²) in [5.74, 6) is -1.78. The molecule has 1 aromatic carbocycles. The van der Waals surface area contributed by atoms with Gasteiger partial charge in [-0.1, -0.05) is 35.0 Å². The molecule has 0 fully saturated rings. The van der Waals surface area contributed by atoms with Crippen LogP contribution in [0.3, 0.4) is 0 Å². The Labute approximate surface area is 103 Å². The fraction of sp³-hybridized carbons (Fsp3) is 0.417. The van der Waals surface area contributed by atoms with Crippen molar-refractivity contribution in [1.29, 1.82) is 0 Å². The highest BCUT2D eigenvalue weighted by atomic mass is 79.9.